The quantitative estimate of drug-likeness (QED) is 0.842. The fourth-order valence-electron chi connectivity index (χ4n) is 4.74. The normalized spacial score (nSPS) is 29.5. The van der Waals surface area contributed by atoms with Gasteiger partial charge in [-0.05, 0) is 32.1 Å². The second-order valence-electron chi connectivity index (χ2n) is 7.41. The maximum absolute atomic E-state index is 13.3. The van der Waals surface area contributed by atoms with Gasteiger partial charge in [0.15, 0.2) is 0 Å². The summed E-state index contributed by atoms with van der Waals surface area (Å²) in [5, 5.41) is 0. The Morgan fingerprint density at radius 1 is 1.04 bits per heavy atom. The average molecular weight is 314 g/mol. The minimum atomic E-state index is -0.173. The third-order valence-corrected chi connectivity index (χ3v) is 6.01. The van der Waals surface area contributed by atoms with Crippen LogP contribution in [0.3, 0.4) is 0 Å². The van der Waals surface area contributed by atoms with Gasteiger partial charge in [0.2, 0.25) is 5.91 Å². The Balaban J connectivity index is 1.50. The number of carbonyl (C=O) groups is 1. The maximum Gasteiger partial charge on any atom is 0.230 e. The van der Waals surface area contributed by atoms with E-state index in [9.17, 15) is 4.79 Å². The Labute approximate surface area is 138 Å². The molecule has 1 aromatic rings. The maximum atomic E-state index is 13.3. The lowest BCUT2D eigenvalue weighted by atomic mass is 9.77. The number of piperidine rings is 1. The van der Waals surface area contributed by atoms with Crippen LogP contribution >= 0.6 is 0 Å². The van der Waals surface area contributed by atoms with E-state index in [2.05, 4.69) is 19.8 Å². The highest BCUT2D eigenvalue weighted by Gasteiger charge is 2.49. The van der Waals surface area contributed by atoms with Crippen LogP contribution in [0, 0.1) is 5.41 Å². The van der Waals surface area contributed by atoms with Gasteiger partial charge >= 0.3 is 0 Å². The summed E-state index contributed by atoms with van der Waals surface area (Å²) in [6, 6.07) is 0.499. The van der Waals surface area contributed by atoms with E-state index in [1.54, 1.807) is 12.4 Å². The molecule has 3 heterocycles. The topological polar surface area (TPSA) is 49.3 Å². The number of carbonyl (C=O) groups excluding carboxylic acids is 1. The van der Waals surface area contributed by atoms with Crippen molar-refractivity contribution in [3.63, 3.8) is 0 Å². The molecule has 3 aliphatic rings. The van der Waals surface area contributed by atoms with Gasteiger partial charge in [0.25, 0.3) is 0 Å². The van der Waals surface area contributed by atoms with Gasteiger partial charge in [0.05, 0.1) is 11.6 Å². The molecule has 4 rings (SSSR count). The second kappa shape index (κ2) is 6.10. The van der Waals surface area contributed by atoms with E-state index >= 15 is 0 Å². The molecular formula is C18H26N4O. The molecule has 0 radical (unpaired) electrons. The molecule has 5 nitrogen and oxygen atoms in total. The molecular weight excluding hydrogens is 288 g/mol. The standard InChI is InChI=1S/C18H26N4O/c23-17-18(7-4-11-22(17)15-5-2-1-3-6-15)8-12-21(14-18)16-13-19-9-10-20-16/h9-10,13,15H,1-8,11-12,14H2/t18-/m1/s1. The number of nitrogens with zero attached hydrogens (tertiary/aromatic N) is 4. The van der Waals surface area contributed by atoms with Gasteiger partial charge in [-0.2, -0.15) is 0 Å². The zero-order chi connectivity index (χ0) is 15.7. The number of rotatable bonds is 2. The lowest BCUT2D eigenvalue weighted by Gasteiger charge is -2.44. The summed E-state index contributed by atoms with van der Waals surface area (Å²) in [6.07, 6.45) is 14.7. The summed E-state index contributed by atoms with van der Waals surface area (Å²) < 4.78 is 0. The van der Waals surface area contributed by atoms with Crippen molar-refractivity contribution in [2.24, 2.45) is 5.41 Å². The van der Waals surface area contributed by atoms with Crippen molar-refractivity contribution >= 4 is 11.7 Å². The number of hydrogen-bond acceptors (Lipinski definition) is 4. The Morgan fingerprint density at radius 3 is 2.70 bits per heavy atom. The fraction of sp³-hybridized carbons (Fsp3) is 0.722. The van der Waals surface area contributed by atoms with Crippen LogP contribution in [-0.4, -0.2) is 46.5 Å². The predicted octanol–water partition coefficient (Wildman–Crippen LogP) is 2.63. The third-order valence-electron chi connectivity index (χ3n) is 6.01. The summed E-state index contributed by atoms with van der Waals surface area (Å²) in [5.74, 6) is 1.33. The molecule has 1 aliphatic carbocycles. The third kappa shape index (κ3) is 2.70. The molecule has 1 aromatic heterocycles. The van der Waals surface area contributed by atoms with Crippen LogP contribution < -0.4 is 4.90 Å². The van der Waals surface area contributed by atoms with E-state index in [4.69, 9.17) is 0 Å². The second-order valence-corrected chi connectivity index (χ2v) is 7.41. The highest BCUT2D eigenvalue weighted by atomic mass is 16.2. The van der Waals surface area contributed by atoms with Gasteiger partial charge in [0, 0.05) is 38.1 Å². The highest BCUT2D eigenvalue weighted by Crippen LogP contribution is 2.42. The Bertz CT molecular complexity index is 557. The minimum absolute atomic E-state index is 0.173. The van der Waals surface area contributed by atoms with Crippen molar-refractivity contribution in [3.05, 3.63) is 18.6 Å². The van der Waals surface area contributed by atoms with E-state index in [1.165, 1.54) is 32.1 Å². The number of likely N-dealkylation sites (tertiary alicyclic amines) is 1. The lowest BCUT2D eigenvalue weighted by molar-refractivity contribution is -0.148. The Kier molecular flexibility index (Phi) is 3.95. The molecule has 5 heteroatoms. The molecule has 1 saturated carbocycles. The van der Waals surface area contributed by atoms with Gasteiger partial charge in [-0.25, -0.2) is 4.98 Å². The van der Waals surface area contributed by atoms with Gasteiger partial charge < -0.3 is 9.80 Å². The molecule has 2 aliphatic heterocycles. The fourth-order valence-corrected chi connectivity index (χ4v) is 4.74. The highest BCUT2D eigenvalue weighted by molar-refractivity contribution is 5.85. The average Bonchev–Trinajstić information content (AvgIpc) is 3.04. The van der Waals surface area contributed by atoms with Crippen LogP contribution in [0.5, 0.6) is 0 Å². The predicted molar refractivity (Wildman–Crippen MR) is 89.1 cm³/mol. The number of amides is 1. The van der Waals surface area contributed by atoms with E-state index in [0.717, 1.165) is 44.7 Å². The summed E-state index contributed by atoms with van der Waals surface area (Å²) in [5.41, 5.74) is -0.173. The monoisotopic (exact) mass is 314 g/mol. The summed E-state index contributed by atoms with van der Waals surface area (Å²) in [7, 11) is 0. The van der Waals surface area contributed by atoms with Gasteiger partial charge in [-0.1, -0.05) is 19.3 Å². The number of anilines is 1. The molecule has 1 atom stereocenters. The zero-order valence-corrected chi connectivity index (χ0v) is 13.8. The Hall–Kier alpha value is -1.65. The summed E-state index contributed by atoms with van der Waals surface area (Å²) in [4.78, 5) is 26.4. The van der Waals surface area contributed by atoms with Crippen molar-refractivity contribution in [2.75, 3.05) is 24.5 Å². The van der Waals surface area contributed by atoms with Crippen LogP contribution in [0.25, 0.3) is 0 Å². The smallest absolute Gasteiger partial charge is 0.230 e. The van der Waals surface area contributed by atoms with Gasteiger partial charge in [-0.3, -0.25) is 9.78 Å². The number of aromatic nitrogens is 2. The van der Waals surface area contributed by atoms with Gasteiger partial charge in [-0.15, -0.1) is 0 Å². The van der Waals surface area contributed by atoms with E-state index in [0.29, 0.717) is 11.9 Å². The molecule has 23 heavy (non-hydrogen) atoms. The molecule has 3 fully saturated rings. The first-order chi connectivity index (χ1) is 11.3. The van der Waals surface area contributed by atoms with Crippen LogP contribution in [0.1, 0.15) is 51.4 Å². The lowest BCUT2D eigenvalue weighted by Crippen LogP contribution is -2.54. The van der Waals surface area contributed by atoms with E-state index < -0.39 is 0 Å². The minimum Gasteiger partial charge on any atom is -0.354 e. The number of hydrogen-bond donors (Lipinski definition) is 0. The first-order valence-corrected chi connectivity index (χ1v) is 9.11. The van der Waals surface area contributed by atoms with Gasteiger partial charge in [0.1, 0.15) is 5.82 Å². The molecule has 124 valence electrons. The molecule has 0 N–H and O–H groups in total. The van der Waals surface area contributed by atoms with Crippen molar-refractivity contribution in [1.82, 2.24) is 14.9 Å². The van der Waals surface area contributed by atoms with Crippen molar-refractivity contribution in [2.45, 2.75) is 57.4 Å². The molecule has 0 bridgehead atoms. The van der Waals surface area contributed by atoms with Crippen molar-refractivity contribution in [1.29, 1.82) is 0 Å². The zero-order valence-electron chi connectivity index (χ0n) is 13.8. The van der Waals surface area contributed by atoms with Crippen LogP contribution in [-0.2, 0) is 4.79 Å². The Morgan fingerprint density at radius 2 is 1.91 bits per heavy atom. The van der Waals surface area contributed by atoms with E-state index in [-0.39, 0.29) is 5.41 Å². The first-order valence-electron chi connectivity index (χ1n) is 9.11. The van der Waals surface area contributed by atoms with E-state index in [1.807, 2.05) is 6.20 Å². The summed E-state index contributed by atoms with van der Waals surface area (Å²) in [6.45, 7) is 2.70. The van der Waals surface area contributed by atoms with Crippen LogP contribution in [0.4, 0.5) is 5.82 Å². The molecule has 0 unspecified atom stereocenters. The molecule has 1 amide bonds. The molecule has 2 saturated heterocycles. The first kappa shape index (κ1) is 14.9. The van der Waals surface area contributed by atoms with Crippen molar-refractivity contribution in [3.8, 4) is 0 Å². The molecule has 0 aromatic carbocycles. The largest absolute Gasteiger partial charge is 0.354 e. The van der Waals surface area contributed by atoms with Crippen molar-refractivity contribution < 1.29 is 4.79 Å². The van der Waals surface area contributed by atoms with Crippen LogP contribution in [0.2, 0.25) is 0 Å². The van der Waals surface area contributed by atoms with Crippen LogP contribution in [0.15, 0.2) is 18.6 Å². The SMILES string of the molecule is O=C1N(C2CCCCC2)CCC[C@]12CCN(c1cnccn1)C2. The molecule has 1 spiro atoms. The summed E-state index contributed by atoms with van der Waals surface area (Å²) >= 11 is 0.